The molecule has 1 aliphatic rings. The minimum absolute atomic E-state index is 0. The van der Waals surface area contributed by atoms with Gasteiger partial charge in [0.05, 0.1) is 5.75 Å². The predicted molar refractivity (Wildman–Crippen MR) is 70.5 cm³/mol. The number of hydrogen-bond donors (Lipinski definition) is 4. The monoisotopic (exact) mass is 282 g/mol. The van der Waals surface area contributed by atoms with E-state index in [-0.39, 0.29) is 35.5 Å². The van der Waals surface area contributed by atoms with Gasteiger partial charge in [0, 0.05) is 14.1 Å². The predicted octanol–water partition coefficient (Wildman–Crippen LogP) is -0.853. The molecule has 0 aromatic rings. The Morgan fingerprint density at radius 1 is 1.47 bits per heavy atom. The third kappa shape index (κ3) is 9.45. The quantitative estimate of drug-likeness (QED) is 0.337. The fourth-order valence-electron chi connectivity index (χ4n) is 0.541. The molecule has 1 aliphatic heterocycles. The highest BCUT2D eigenvalue weighted by atomic mass is 35.5. The number of rotatable bonds is 0. The first-order valence-electron chi connectivity index (χ1n) is 4.15. The summed E-state index contributed by atoms with van der Waals surface area (Å²) in [5, 5.41) is 8.57. The molecule has 2 amide bonds. The van der Waals surface area contributed by atoms with Gasteiger partial charge in [-0.1, -0.05) is 11.8 Å². The second kappa shape index (κ2) is 8.65. The molecule has 0 unspecified atom stereocenters. The van der Waals surface area contributed by atoms with E-state index in [0.29, 0.717) is 5.75 Å². The highest BCUT2D eigenvalue weighted by Crippen LogP contribution is 2.06. The molecule has 0 atom stereocenters. The van der Waals surface area contributed by atoms with Crippen molar-refractivity contribution in [1.82, 2.24) is 10.2 Å². The van der Waals surface area contributed by atoms with E-state index in [9.17, 15) is 9.59 Å². The average Bonchev–Trinajstić information content (AvgIpc) is 2.49. The number of nitrogens with zero attached hydrogens (tertiary/aromatic N) is 2. The molecule has 0 saturated carbocycles. The summed E-state index contributed by atoms with van der Waals surface area (Å²) >= 11 is 1.01. The van der Waals surface area contributed by atoms with Gasteiger partial charge >= 0.3 is 0 Å². The van der Waals surface area contributed by atoms with E-state index in [1.807, 2.05) is 0 Å². The van der Waals surface area contributed by atoms with Crippen molar-refractivity contribution in [3.05, 3.63) is 0 Å². The Morgan fingerprint density at radius 2 is 2.00 bits per heavy atom. The minimum Gasteiger partial charge on any atom is -0.369 e. The van der Waals surface area contributed by atoms with Crippen molar-refractivity contribution in [1.29, 1.82) is 5.41 Å². The highest BCUT2D eigenvalue weighted by molar-refractivity contribution is 8.14. The molecule has 0 spiro atoms. The van der Waals surface area contributed by atoms with Crippen molar-refractivity contribution in [3.8, 4) is 0 Å². The molecular formula is C7H15ClN6O2S. The van der Waals surface area contributed by atoms with Gasteiger partial charge in [-0.2, -0.15) is 4.99 Å². The van der Waals surface area contributed by atoms with Crippen molar-refractivity contribution in [2.75, 3.05) is 19.8 Å². The van der Waals surface area contributed by atoms with E-state index in [1.165, 1.54) is 0 Å². The summed E-state index contributed by atoms with van der Waals surface area (Å²) in [5.74, 6) is 0.0671. The van der Waals surface area contributed by atoms with Crippen molar-refractivity contribution in [2.24, 2.45) is 16.5 Å². The van der Waals surface area contributed by atoms with Crippen LogP contribution in [0.3, 0.4) is 0 Å². The van der Waals surface area contributed by atoms with Crippen molar-refractivity contribution in [2.45, 2.75) is 0 Å². The summed E-state index contributed by atoms with van der Waals surface area (Å²) in [7, 11) is 3.45. The normalized spacial score (nSPS) is 14.1. The Labute approximate surface area is 109 Å². The summed E-state index contributed by atoms with van der Waals surface area (Å²) in [4.78, 5) is 25.2. The molecule has 0 aromatic carbocycles. The summed E-state index contributed by atoms with van der Waals surface area (Å²) in [6.45, 7) is 0. The Bertz CT molecular complexity index is 318. The van der Waals surface area contributed by atoms with Crippen molar-refractivity contribution >= 4 is 47.2 Å². The van der Waals surface area contributed by atoms with E-state index < -0.39 is 0 Å². The molecule has 0 aliphatic carbocycles. The van der Waals surface area contributed by atoms with Crippen LogP contribution in [0.1, 0.15) is 0 Å². The lowest BCUT2D eigenvalue weighted by Gasteiger charge is -2.08. The number of halogens is 1. The van der Waals surface area contributed by atoms with E-state index in [1.54, 1.807) is 19.0 Å². The van der Waals surface area contributed by atoms with E-state index in [4.69, 9.17) is 16.9 Å². The Morgan fingerprint density at radius 3 is 2.12 bits per heavy atom. The number of amides is 2. The molecule has 98 valence electrons. The van der Waals surface area contributed by atoms with Crippen molar-refractivity contribution in [3.63, 3.8) is 0 Å². The number of carbonyl (C=O) groups excluding carboxylic acids is 2. The van der Waals surface area contributed by atoms with Crippen LogP contribution in [-0.4, -0.2) is 47.8 Å². The minimum atomic E-state index is -0.277. The molecule has 1 heterocycles. The molecule has 17 heavy (non-hydrogen) atoms. The topological polar surface area (TPSA) is 138 Å². The number of carbonyl (C=O) groups is 2. The van der Waals surface area contributed by atoms with Crippen LogP contribution < -0.4 is 16.8 Å². The van der Waals surface area contributed by atoms with Crippen LogP contribution in [0, 0.1) is 5.41 Å². The molecule has 1 fully saturated rings. The largest absolute Gasteiger partial charge is 0.369 e. The lowest BCUT2D eigenvalue weighted by Crippen LogP contribution is -2.32. The number of nitrogens with two attached hydrogens (primary N) is 2. The second-order valence-electron chi connectivity index (χ2n) is 2.87. The van der Waals surface area contributed by atoms with Crippen LogP contribution in [0.2, 0.25) is 0 Å². The Balaban J connectivity index is 0. The van der Waals surface area contributed by atoms with Crippen LogP contribution in [0.25, 0.3) is 0 Å². The van der Waals surface area contributed by atoms with Gasteiger partial charge in [-0.25, -0.2) is 0 Å². The SMILES string of the molecule is CN(C)C(N)=NC(=N)N.Cl.O=C1CSC(=O)N1. The highest BCUT2D eigenvalue weighted by Gasteiger charge is 2.16. The Kier molecular flexibility index (Phi) is 9.10. The number of guanidine groups is 2. The van der Waals surface area contributed by atoms with Crippen LogP contribution in [0.15, 0.2) is 4.99 Å². The van der Waals surface area contributed by atoms with Gasteiger partial charge in [0.15, 0.2) is 5.96 Å². The number of nitrogens with one attached hydrogen (secondary N) is 2. The lowest BCUT2D eigenvalue weighted by molar-refractivity contribution is -0.117. The lowest BCUT2D eigenvalue weighted by atomic mass is 10.7. The standard InChI is InChI=1S/C4H11N5.C3H3NO2S.ClH/c1-9(2)4(7)8-3(5)6;5-2-1-7-3(6)4-2;/h1-2H3,(H5,5,6,7,8);1H2,(H,4,5,6);1H. The molecule has 0 aromatic heterocycles. The summed E-state index contributed by atoms with van der Waals surface area (Å²) in [5.41, 5.74) is 10.2. The molecular weight excluding hydrogens is 268 g/mol. The van der Waals surface area contributed by atoms with Gasteiger partial charge < -0.3 is 16.4 Å². The van der Waals surface area contributed by atoms with Crippen LogP contribution in [-0.2, 0) is 4.79 Å². The zero-order valence-corrected chi connectivity index (χ0v) is 11.0. The number of hydrogen-bond acceptors (Lipinski definition) is 4. The molecule has 10 heteroatoms. The van der Waals surface area contributed by atoms with Gasteiger partial charge in [0.2, 0.25) is 11.9 Å². The molecule has 6 N–H and O–H groups in total. The number of thioether (sulfide) groups is 1. The van der Waals surface area contributed by atoms with E-state index in [2.05, 4.69) is 10.3 Å². The van der Waals surface area contributed by atoms with Gasteiger partial charge in [0.1, 0.15) is 0 Å². The summed E-state index contributed by atoms with van der Waals surface area (Å²) < 4.78 is 0. The van der Waals surface area contributed by atoms with Crippen LogP contribution in [0.5, 0.6) is 0 Å². The summed E-state index contributed by atoms with van der Waals surface area (Å²) in [6, 6.07) is 0. The molecule has 0 bridgehead atoms. The van der Waals surface area contributed by atoms with Crippen LogP contribution >= 0.6 is 24.2 Å². The molecule has 8 nitrogen and oxygen atoms in total. The fourth-order valence-corrected chi connectivity index (χ4v) is 1.06. The first-order valence-corrected chi connectivity index (χ1v) is 5.13. The number of aliphatic imine (C=N–C) groups is 1. The van der Waals surface area contributed by atoms with E-state index in [0.717, 1.165) is 11.8 Å². The Hall–Kier alpha value is -1.48. The van der Waals surface area contributed by atoms with E-state index >= 15 is 0 Å². The maximum absolute atomic E-state index is 10.1. The fraction of sp³-hybridized carbons (Fsp3) is 0.429. The third-order valence-electron chi connectivity index (χ3n) is 1.27. The molecule has 1 saturated heterocycles. The molecule has 0 radical (unpaired) electrons. The van der Waals surface area contributed by atoms with Gasteiger partial charge in [0.25, 0.3) is 5.24 Å². The maximum Gasteiger partial charge on any atom is 0.286 e. The second-order valence-corrected chi connectivity index (χ2v) is 3.82. The zero-order valence-electron chi connectivity index (χ0n) is 9.39. The van der Waals surface area contributed by atoms with Crippen molar-refractivity contribution < 1.29 is 9.59 Å². The molecule has 1 rings (SSSR count). The smallest absolute Gasteiger partial charge is 0.286 e. The first-order chi connectivity index (χ1) is 7.32. The first kappa shape index (κ1) is 17.9. The van der Waals surface area contributed by atoms with Gasteiger partial charge in [-0.05, 0) is 0 Å². The maximum atomic E-state index is 10.1. The zero-order chi connectivity index (χ0) is 12.7. The average molecular weight is 283 g/mol. The third-order valence-corrected chi connectivity index (χ3v) is 2.04. The van der Waals surface area contributed by atoms with Gasteiger partial charge in [-0.15, -0.1) is 12.4 Å². The van der Waals surface area contributed by atoms with Crippen LogP contribution in [0.4, 0.5) is 4.79 Å². The number of imide groups is 1. The van der Waals surface area contributed by atoms with Gasteiger partial charge in [-0.3, -0.25) is 20.3 Å². The summed E-state index contributed by atoms with van der Waals surface area (Å²) in [6.07, 6.45) is 0.